The zero-order valence-corrected chi connectivity index (χ0v) is 24.0. The lowest BCUT2D eigenvalue weighted by atomic mass is 9.91. The normalized spacial score (nSPS) is 21.0. The van der Waals surface area contributed by atoms with Crippen LogP contribution in [0, 0.1) is 11.6 Å². The van der Waals surface area contributed by atoms with Crippen LogP contribution in [0.3, 0.4) is 0 Å². The minimum absolute atomic E-state index is 0.0145. The molecule has 7 nitrogen and oxygen atoms in total. The number of anilines is 2. The van der Waals surface area contributed by atoms with E-state index in [0.29, 0.717) is 25.2 Å². The molecule has 1 N–H and O–H groups in total. The highest BCUT2D eigenvalue weighted by Gasteiger charge is 2.48. The molecule has 1 saturated heterocycles. The fourth-order valence-corrected chi connectivity index (χ4v) is 5.56. The van der Waals surface area contributed by atoms with Gasteiger partial charge in [-0.2, -0.15) is 13.2 Å². The second-order valence-corrected chi connectivity index (χ2v) is 11.5. The van der Waals surface area contributed by atoms with Gasteiger partial charge in [0.25, 0.3) is 11.8 Å². The summed E-state index contributed by atoms with van der Waals surface area (Å²) in [6.07, 6.45) is -5.95. The number of alkyl halides is 5. The molecule has 2 amide bonds. The first-order valence-corrected chi connectivity index (χ1v) is 14.1. The van der Waals surface area contributed by atoms with Crippen LogP contribution in [0.4, 0.5) is 46.9 Å². The summed E-state index contributed by atoms with van der Waals surface area (Å²) in [4.78, 5) is 30.9. The SMILES string of the molecule is CC1CN(c2cc(F)c(C3=CCN(C(=O)OC4CC(F)(F)C4)CC3)cc2NC(=O)c2ccc(F)cc2C(F)(F)F)CCN1C. The van der Waals surface area contributed by atoms with Gasteiger partial charge in [-0.05, 0) is 56.3 Å². The van der Waals surface area contributed by atoms with E-state index in [2.05, 4.69) is 10.2 Å². The van der Waals surface area contributed by atoms with Crippen molar-refractivity contribution >= 4 is 28.9 Å². The predicted octanol–water partition coefficient (Wildman–Crippen LogP) is 6.40. The van der Waals surface area contributed by atoms with E-state index >= 15 is 4.39 Å². The molecule has 2 heterocycles. The van der Waals surface area contributed by atoms with Crippen LogP contribution >= 0.6 is 0 Å². The summed E-state index contributed by atoms with van der Waals surface area (Å²) in [6, 6.07) is 4.37. The van der Waals surface area contributed by atoms with Crippen molar-refractivity contribution in [3.05, 3.63) is 64.7 Å². The molecule has 0 aromatic heterocycles. The van der Waals surface area contributed by atoms with Gasteiger partial charge in [0.15, 0.2) is 0 Å². The summed E-state index contributed by atoms with van der Waals surface area (Å²) in [6.45, 7) is 3.61. The quantitative estimate of drug-likeness (QED) is 0.389. The molecule has 2 aromatic carbocycles. The zero-order valence-electron chi connectivity index (χ0n) is 24.0. The number of ether oxygens (including phenoxy) is 1. The van der Waals surface area contributed by atoms with Gasteiger partial charge < -0.3 is 24.8 Å². The molecule has 1 aliphatic carbocycles. The van der Waals surface area contributed by atoms with Crippen LogP contribution in [0.5, 0.6) is 0 Å². The highest BCUT2D eigenvalue weighted by molar-refractivity contribution is 6.07. The molecule has 2 aromatic rings. The molecule has 14 heteroatoms. The molecular weight excluding hydrogens is 597 g/mol. The van der Waals surface area contributed by atoms with Gasteiger partial charge in [-0.1, -0.05) is 6.08 Å². The van der Waals surface area contributed by atoms with Gasteiger partial charge in [0.1, 0.15) is 17.7 Å². The first-order chi connectivity index (χ1) is 20.6. The minimum Gasteiger partial charge on any atom is -0.446 e. The third-order valence-electron chi connectivity index (χ3n) is 8.30. The third kappa shape index (κ3) is 6.79. The lowest BCUT2D eigenvalue weighted by Crippen LogP contribution is -2.50. The number of carbonyl (C=O) groups excluding carboxylic acids is 2. The van der Waals surface area contributed by atoms with Crippen LogP contribution in [0.15, 0.2) is 36.4 Å². The van der Waals surface area contributed by atoms with Crippen molar-refractivity contribution in [3.8, 4) is 0 Å². The van der Waals surface area contributed by atoms with Gasteiger partial charge in [0.2, 0.25) is 0 Å². The topological polar surface area (TPSA) is 65.1 Å². The molecule has 2 fully saturated rings. The van der Waals surface area contributed by atoms with E-state index < -0.39 is 65.8 Å². The van der Waals surface area contributed by atoms with E-state index in [1.54, 1.807) is 6.08 Å². The van der Waals surface area contributed by atoms with Gasteiger partial charge in [0.05, 0.1) is 22.5 Å². The summed E-state index contributed by atoms with van der Waals surface area (Å²) in [5.41, 5.74) is -1.35. The maximum absolute atomic E-state index is 15.7. The number of amides is 2. The van der Waals surface area contributed by atoms with Gasteiger partial charge >= 0.3 is 12.3 Å². The number of hydrogen-bond donors (Lipinski definition) is 1. The fourth-order valence-electron chi connectivity index (χ4n) is 5.56. The number of halogens is 7. The van der Waals surface area contributed by atoms with Crippen LogP contribution in [0.25, 0.3) is 5.57 Å². The first-order valence-electron chi connectivity index (χ1n) is 14.1. The number of nitrogens with one attached hydrogen (secondary N) is 1. The molecule has 3 aliphatic rings. The summed E-state index contributed by atoms with van der Waals surface area (Å²) < 4.78 is 102. The summed E-state index contributed by atoms with van der Waals surface area (Å²) in [7, 11) is 1.93. The van der Waals surface area contributed by atoms with Crippen molar-refractivity contribution in [1.82, 2.24) is 9.80 Å². The summed E-state index contributed by atoms with van der Waals surface area (Å²) in [5, 5.41) is 2.50. The van der Waals surface area contributed by atoms with Crippen molar-refractivity contribution in [2.24, 2.45) is 0 Å². The van der Waals surface area contributed by atoms with Crippen molar-refractivity contribution in [2.45, 2.75) is 50.4 Å². The molecule has 2 aliphatic heterocycles. The Morgan fingerprint density at radius 1 is 1.05 bits per heavy atom. The summed E-state index contributed by atoms with van der Waals surface area (Å²) >= 11 is 0. The van der Waals surface area contributed by atoms with Gasteiger partial charge in [-0.3, -0.25) is 4.79 Å². The average Bonchev–Trinajstić information content (AvgIpc) is 2.94. The lowest BCUT2D eigenvalue weighted by molar-refractivity contribution is -0.147. The molecule has 1 unspecified atom stereocenters. The van der Waals surface area contributed by atoms with E-state index in [9.17, 15) is 35.9 Å². The maximum atomic E-state index is 15.7. The minimum atomic E-state index is -5.00. The molecule has 1 atom stereocenters. The van der Waals surface area contributed by atoms with Crippen LogP contribution in [-0.2, 0) is 10.9 Å². The average molecular weight is 629 g/mol. The van der Waals surface area contributed by atoms with E-state index in [1.165, 1.54) is 17.0 Å². The smallest absolute Gasteiger partial charge is 0.417 e. The van der Waals surface area contributed by atoms with Gasteiger partial charge in [0, 0.05) is 57.2 Å². The lowest BCUT2D eigenvalue weighted by Gasteiger charge is -2.40. The Balaban J connectivity index is 1.42. The Labute approximate surface area is 249 Å². The molecule has 238 valence electrons. The third-order valence-corrected chi connectivity index (χ3v) is 8.30. The number of piperazine rings is 1. The molecule has 0 radical (unpaired) electrons. The van der Waals surface area contributed by atoms with Crippen molar-refractivity contribution in [1.29, 1.82) is 0 Å². The zero-order chi connectivity index (χ0) is 32.0. The number of hydrogen-bond acceptors (Lipinski definition) is 5. The van der Waals surface area contributed by atoms with Crippen molar-refractivity contribution < 1.29 is 45.1 Å². The number of likely N-dealkylation sites (N-methyl/N-ethyl adjacent to an activating group) is 1. The van der Waals surface area contributed by atoms with Crippen molar-refractivity contribution in [3.63, 3.8) is 0 Å². The second-order valence-electron chi connectivity index (χ2n) is 11.5. The van der Waals surface area contributed by atoms with Crippen LogP contribution in [0.1, 0.15) is 47.7 Å². The Morgan fingerprint density at radius 2 is 1.77 bits per heavy atom. The number of rotatable bonds is 5. The van der Waals surface area contributed by atoms with E-state index in [4.69, 9.17) is 4.74 Å². The Hall–Kier alpha value is -3.81. The van der Waals surface area contributed by atoms with E-state index in [1.807, 2.05) is 18.9 Å². The van der Waals surface area contributed by atoms with E-state index in [0.717, 1.165) is 12.1 Å². The fraction of sp³-hybridized carbons (Fsp3) is 0.467. The highest BCUT2D eigenvalue weighted by atomic mass is 19.4. The van der Waals surface area contributed by atoms with Gasteiger partial charge in [-0.25, -0.2) is 22.4 Å². The van der Waals surface area contributed by atoms with E-state index in [-0.39, 0.29) is 48.6 Å². The molecule has 1 saturated carbocycles. The van der Waals surface area contributed by atoms with Crippen molar-refractivity contribution in [2.75, 3.05) is 50.0 Å². The van der Waals surface area contributed by atoms with Crippen LogP contribution in [0.2, 0.25) is 0 Å². The molecule has 0 spiro atoms. The van der Waals surface area contributed by atoms with Crippen LogP contribution in [-0.4, -0.2) is 79.6 Å². The largest absolute Gasteiger partial charge is 0.446 e. The monoisotopic (exact) mass is 628 g/mol. The molecule has 5 rings (SSSR count). The van der Waals surface area contributed by atoms with Crippen LogP contribution < -0.4 is 10.2 Å². The Morgan fingerprint density at radius 3 is 2.39 bits per heavy atom. The number of nitrogens with zero attached hydrogens (tertiary/aromatic N) is 3. The Kier molecular flexibility index (Phi) is 8.58. The molecule has 0 bridgehead atoms. The standard InChI is InChI=1S/C30H31F7N4O3/c1-17-16-41(10-9-39(17)2)26-13-24(32)22(18-5-7-40(8-6-18)28(43)44-20-14-29(33,34)15-20)12-25(26)38-27(42)21-4-3-19(31)11-23(21)30(35,36)37/h3-5,11-13,17,20H,6-10,14-16H2,1-2H3,(H,38,42). The Bertz CT molecular complexity index is 1470. The second kappa shape index (κ2) is 11.9. The summed E-state index contributed by atoms with van der Waals surface area (Å²) in [5.74, 6) is -5.78. The maximum Gasteiger partial charge on any atom is 0.417 e. The number of carbonyl (C=O) groups is 2. The van der Waals surface area contributed by atoms with Gasteiger partial charge in [-0.15, -0.1) is 0 Å². The predicted molar refractivity (Wildman–Crippen MR) is 149 cm³/mol. The highest BCUT2D eigenvalue weighted by Crippen LogP contribution is 2.40. The molecule has 44 heavy (non-hydrogen) atoms. The molecular formula is C30H31F7N4O3. The first kappa shape index (κ1) is 31.6. The number of benzene rings is 2.